The van der Waals surface area contributed by atoms with Crippen molar-refractivity contribution in [1.29, 1.82) is 0 Å². The van der Waals surface area contributed by atoms with Gasteiger partial charge < -0.3 is 16.6 Å². The highest BCUT2D eigenvalue weighted by Gasteiger charge is 2.13. The van der Waals surface area contributed by atoms with Gasteiger partial charge in [-0.1, -0.05) is 24.3 Å². The van der Waals surface area contributed by atoms with Gasteiger partial charge in [0, 0.05) is 6.54 Å². The van der Waals surface area contributed by atoms with Gasteiger partial charge in [-0.15, -0.1) is 0 Å². The molecule has 0 spiro atoms. The molecule has 0 bridgehead atoms. The fourth-order valence-corrected chi connectivity index (χ4v) is 1.28. The van der Waals surface area contributed by atoms with Crippen LogP contribution in [0, 0.1) is 0 Å². The van der Waals surface area contributed by atoms with Crippen LogP contribution in [0.15, 0.2) is 24.3 Å². The first-order chi connectivity index (χ1) is 6.65. The number of nitrogens with two attached hydrogens (primary N) is 2. The summed E-state index contributed by atoms with van der Waals surface area (Å²) in [5.74, 6) is -0.989. The van der Waals surface area contributed by atoms with Crippen molar-refractivity contribution in [1.82, 2.24) is 0 Å². The summed E-state index contributed by atoms with van der Waals surface area (Å²) in [6.45, 7) is 0.405. The largest absolute Gasteiger partial charge is 0.480 e. The van der Waals surface area contributed by atoms with Crippen molar-refractivity contribution in [3.63, 3.8) is 0 Å². The van der Waals surface area contributed by atoms with Gasteiger partial charge in [-0.05, 0) is 17.5 Å². The van der Waals surface area contributed by atoms with Crippen LogP contribution in [0.4, 0.5) is 0 Å². The van der Waals surface area contributed by atoms with E-state index in [0.29, 0.717) is 13.0 Å². The Labute approximate surface area is 82.5 Å². The van der Waals surface area contributed by atoms with Crippen LogP contribution in [0.25, 0.3) is 0 Å². The Bertz CT molecular complexity index is 326. The summed E-state index contributed by atoms with van der Waals surface area (Å²) in [6, 6.07) is 6.60. The van der Waals surface area contributed by atoms with E-state index in [-0.39, 0.29) is 0 Å². The minimum atomic E-state index is -0.989. The van der Waals surface area contributed by atoms with Crippen molar-refractivity contribution in [3.05, 3.63) is 35.4 Å². The van der Waals surface area contributed by atoms with Gasteiger partial charge in [0.25, 0.3) is 0 Å². The molecule has 0 aromatic heterocycles. The molecule has 0 saturated heterocycles. The van der Waals surface area contributed by atoms with Gasteiger partial charge >= 0.3 is 5.97 Å². The van der Waals surface area contributed by atoms with E-state index in [2.05, 4.69) is 0 Å². The molecule has 0 aliphatic heterocycles. The van der Waals surface area contributed by atoms with E-state index in [0.717, 1.165) is 11.1 Å². The Morgan fingerprint density at radius 1 is 1.36 bits per heavy atom. The van der Waals surface area contributed by atoms with Crippen LogP contribution in [0.3, 0.4) is 0 Å². The van der Waals surface area contributed by atoms with Gasteiger partial charge in [-0.25, -0.2) is 0 Å². The minimum Gasteiger partial charge on any atom is -0.480 e. The van der Waals surface area contributed by atoms with Gasteiger partial charge in [0.15, 0.2) is 0 Å². The Hall–Kier alpha value is -1.39. The third-order valence-corrected chi connectivity index (χ3v) is 2.10. The number of hydrogen-bond donors (Lipinski definition) is 3. The first-order valence-electron chi connectivity index (χ1n) is 4.40. The average Bonchev–Trinajstić information content (AvgIpc) is 2.18. The highest BCUT2D eigenvalue weighted by Crippen LogP contribution is 2.09. The normalized spacial score (nSPS) is 12.4. The lowest BCUT2D eigenvalue weighted by Crippen LogP contribution is -2.32. The zero-order valence-corrected chi connectivity index (χ0v) is 7.81. The van der Waals surface area contributed by atoms with E-state index in [1.54, 1.807) is 0 Å². The van der Waals surface area contributed by atoms with Crippen LogP contribution in [0.1, 0.15) is 11.1 Å². The van der Waals surface area contributed by atoms with E-state index in [1.165, 1.54) is 0 Å². The van der Waals surface area contributed by atoms with Gasteiger partial charge in [-0.3, -0.25) is 4.79 Å². The third-order valence-electron chi connectivity index (χ3n) is 2.10. The number of carbonyl (C=O) groups is 1. The first-order valence-corrected chi connectivity index (χ1v) is 4.40. The van der Waals surface area contributed by atoms with Gasteiger partial charge in [-0.2, -0.15) is 0 Å². The number of rotatable bonds is 4. The molecule has 0 saturated carbocycles. The molecule has 76 valence electrons. The molecule has 0 heterocycles. The molecule has 0 radical (unpaired) electrons. The molecule has 0 aliphatic carbocycles. The number of carboxylic acids is 1. The molecular formula is C10H14N2O2. The van der Waals surface area contributed by atoms with E-state index in [4.69, 9.17) is 16.6 Å². The van der Waals surface area contributed by atoms with Crippen LogP contribution in [-0.2, 0) is 17.8 Å². The zero-order valence-electron chi connectivity index (χ0n) is 7.81. The topological polar surface area (TPSA) is 89.3 Å². The SMILES string of the molecule is NCc1ccccc1C[C@@H](N)C(=O)O. The Kier molecular flexibility index (Phi) is 3.62. The summed E-state index contributed by atoms with van der Waals surface area (Å²) in [5.41, 5.74) is 12.8. The molecule has 0 amide bonds. The van der Waals surface area contributed by atoms with Crippen LogP contribution in [-0.4, -0.2) is 17.1 Å². The van der Waals surface area contributed by atoms with Gasteiger partial charge in [0.2, 0.25) is 0 Å². The van der Waals surface area contributed by atoms with Crippen molar-refractivity contribution in [3.8, 4) is 0 Å². The van der Waals surface area contributed by atoms with E-state index in [9.17, 15) is 4.79 Å². The van der Waals surface area contributed by atoms with Crippen molar-refractivity contribution in [2.24, 2.45) is 11.5 Å². The molecule has 0 aliphatic rings. The van der Waals surface area contributed by atoms with Crippen LogP contribution in [0.5, 0.6) is 0 Å². The molecule has 0 fully saturated rings. The van der Waals surface area contributed by atoms with Crippen molar-refractivity contribution in [2.75, 3.05) is 0 Å². The molecule has 1 atom stereocenters. The molecule has 5 N–H and O–H groups in total. The molecule has 14 heavy (non-hydrogen) atoms. The lowest BCUT2D eigenvalue weighted by molar-refractivity contribution is -0.138. The fraction of sp³-hybridized carbons (Fsp3) is 0.300. The number of carboxylic acid groups (broad SMARTS) is 1. The Balaban J connectivity index is 2.80. The maximum atomic E-state index is 10.5. The fourth-order valence-electron chi connectivity index (χ4n) is 1.28. The summed E-state index contributed by atoms with van der Waals surface area (Å²) >= 11 is 0. The molecule has 1 aromatic rings. The minimum absolute atomic E-state index is 0.322. The molecule has 1 rings (SSSR count). The molecule has 1 aromatic carbocycles. The molecular weight excluding hydrogens is 180 g/mol. The quantitative estimate of drug-likeness (QED) is 0.634. The van der Waals surface area contributed by atoms with E-state index in [1.807, 2.05) is 24.3 Å². The van der Waals surface area contributed by atoms with Crippen LogP contribution < -0.4 is 11.5 Å². The molecule has 4 heteroatoms. The van der Waals surface area contributed by atoms with Gasteiger partial charge in [0.1, 0.15) is 6.04 Å². The summed E-state index contributed by atoms with van der Waals surface area (Å²) in [6.07, 6.45) is 0.322. The standard InChI is InChI=1S/C10H14N2O2/c11-6-8-4-2-1-3-7(8)5-9(12)10(13)14/h1-4,9H,5-6,11-12H2,(H,13,14)/t9-/m1/s1. The van der Waals surface area contributed by atoms with Crippen molar-refractivity contribution < 1.29 is 9.90 Å². The van der Waals surface area contributed by atoms with Gasteiger partial charge in [0.05, 0.1) is 0 Å². The second-order valence-electron chi connectivity index (χ2n) is 3.12. The highest BCUT2D eigenvalue weighted by atomic mass is 16.4. The maximum absolute atomic E-state index is 10.5. The smallest absolute Gasteiger partial charge is 0.320 e. The first kappa shape index (κ1) is 10.7. The second-order valence-corrected chi connectivity index (χ2v) is 3.12. The summed E-state index contributed by atoms with van der Waals surface area (Å²) in [4.78, 5) is 10.5. The monoisotopic (exact) mass is 194 g/mol. The van der Waals surface area contributed by atoms with Crippen LogP contribution >= 0.6 is 0 Å². The lowest BCUT2D eigenvalue weighted by atomic mass is 10.0. The van der Waals surface area contributed by atoms with Crippen LogP contribution in [0.2, 0.25) is 0 Å². The molecule has 4 nitrogen and oxygen atoms in total. The van der Waals surface area contributed by atoms with Crippen molar-refractivity contribution >= 4 is 5.97 Å². The maximum Gasteiger partial charge on any atom is 0.320 e. The third kappa shape index (κ3) is 2.55. The number of aliphatic carboxylic acids is 1. The second kappa shape index (κ2) is 4.74. The van der Waals surface area contributed by atoms with E-state index < -0.39 is 12.0 Å². The zero-order chi connectivity index (χ0) is 10.6. The summed E-state index contributed by atoms with van der Waals surface area (Å²) < 4.78 is 0. The summed E-state index contributed by atoms with van der Waals surface area (Å²) in [7, 11) is 0. The summed E-state index contributed by atoms with van der Waals surface area (Å²) in [5, 5.41) is 8.65. The van der Waals surface area contributed by atoms with E-state index >= 15 is 0 Å². The predicted octanol–water partition coefficient (Wildman–Crippen LogP) is 0.0997. The average molecular weight is 194 g/mol. The Morgan fingerprint density at radius 3 is 2.43 bits per heavy atom. The Morgan fingerprint density at radius 2 is 1.93 bits per heavy atom. The predicted molar refractivity (Wildman–Crippen MR) is 53.6 cm³/mol. The van der Waals surface area contributed by atoms with Crippen molar-refractivity contribution in [2.45, 2.75) is 19.0 Å². The lowest BCUT2D eigenvalue weighted by Gasteiger charge is -2.10. The molecule has 0 unspecified atom stereocenters. The number of benzene rings is 1. The number of hydrogen-bond acceptors (Lipinski definition) is 3. The highest BCUT2D eigenvalue weighted by molar-refractivity contribution is 5.73.